The fourth-order valence-corrected chi connectivity index (χ4v) is 3.00. The van der Waals surface area contributed by atoms with Crippen molar-refractivity contribution in [2.45, 2.75) is 13.5 Å². The van der Waals surface area contributed by atoms with Crippen LogP contribution in [0.5, 0.6) is 5.75 Å². The third-order valence-electron chi connectivity index (χ3n) is 4.61. The monoisotopic (exact) mass is 358 g/mol. The molecule has 0 aliphatic carbocycles. The number of anilines is 1. The summed E-state index contributed by atoms with van der Waals surface area (Å²) in [5, 5.41) is 2.82. The summed E-state index contributed by atoms with van der Waals surface area (Å²) in [4.78, 5) is 20.6. The molecule has 2 heterocycles. The highest BCUT2D eigenvalue weighted by Crippen LogP contribution is 2.19. The number of aryl methyl sites for hydroxylation is 1. The lowest BCUT2D eigenvalue weighted by Crippen LogP contribution is -2.52. The summed E-state index contributed by atoms with van der Waals surface area (Å²) in [7, 11) is 1.62. The first-order chi connectivity index (χ1) is 12.6. The first-order valence-corrected chi connectivity index (χ1v) is 8.60. The quantitative estimate of drug-likeness (QED) is 0.913. The first-order valence-electron chi connectivity index (χ1n) is 8.60. The molecule has 1 fully saturated rings. The normalized spacial score (nSPS) is 14.3. The maximum absolute atomic E-state index is 13.9. The molecule has 0 radical (unpaired) electrons. The van der Waals surface area contributed by atoms with E-state index in [0.29, 0.717) is 31.7 Å². The Morgan fingerprint density at radius 3 is 2.73 bits per heavy atom. The lowest BCUT2D eigenvalue weighted by Gasteiger charge is -2.35. The number of aromatic nitrogens is 1. The minimum Gasteiger partial charge on any atom is -0.497 e. The molecule has 0 spiro atoms. The molecule has 3 rings (SSSR count). The Morgan fingerprint density at radius 2 is 2.04 bits per heavy atom. The number of piperazine rings is 1. The number of methoxy groups -OCH3 is 1. The van der Waals surface area contributed by atoms with Gasteiger partial charge in [0, 0.05) is 50.6 Å². The number of carbonyl (C=O) groups excluding carboxylic acids is 1. The van der Waals surface area contributed by atoms with Crippen LogP contribution in [0.25, 0.3) is 0 Å². The number of nitrogens with zero attached hydrogens (tertiary/aromatic N) is 3. The molecule has 2 aromatic rings. The van der Waals surface area contributed by atoms with Crippen LogP contribution in [0.4, 0.5) is 15.0 Å². The van der Waals surface area contributed by atoms with E-state index in [1.54, 1.807) is 30.3 Å². The van der Waals surface area contributed by atoms with E-state index in [2.05, 4.69) is 15.2 Å². The Bertz CT molecular complexity index is 756. The zero-order valence-electron chi connectivity index (χ0n) is 15.0. The number of ether oxygens (including phenoxy) is 1. The number of pyridine rings is 1. The summed E-state index contributed by atoms with van der Waals surface area (Å²) in [6, 6.07) is 8.43. The van der Waals surface area contributed by atoms with E-state index < -0.39 is 0 Å². The molecule has 6 nitrogen and oxygen atoms in total. The van der Waals surface area contributed by atoms with Crippen molar-refractivity contribution in [2.24, 2.45) is 0 Å². The molecule has 1 aliphatic heterocycles. The number of urea groups is 1. The van der Waals surface area contributed by atoms with Gasteiger partial charge in [0.2, 0.25) is 0 Å². The number of halogens is 1. The van der Waals surface area contributed by atoms with Crippen LogP contribution in [0, 0.1) is 12.7 Å². The predicted octanol–water partition coefficient (Wildman–Crippen LogP) is 2.57. The van der Waals surface area contributed by atoms with Crippen LogP contribution in [0.15, 0.2) is 36.5 Å². The van der Waals surface area contributed by atoms with Gasteiger partial charge in [-0.1, -0.05) is 12.1 Å². The molecule has 0 atom stereocenters. The van der Waals surface area contributed by atoms with Crippen molar-refractivity contribution in [3.8, 4) is 5.75 Å². The minimum atomic E-state index is -0.292. The molecule has 138 valence electrons. The Morgan fingerprint density at radius 1 is 1.27 bits per heavy atom. The van der Waals surface area contributed by atoms with Gasteiger partial charge < -0.3 is 19.9 Å². The van der Waals surface area contributed by atoms with Crippen molar-refractivity contribution in [2.75, 3.05) is 38.2 Å². The second-order valence-corrected chi connectivity index (χ2v) is 6.22. The van der Waals surface area contributed by atoms with Crippen molar-refractivity contribution in [3.63, 3.8) is 0 Å². The van der Waals surface area contributed by atoms with Crippen LogP contribution in [-0.4, -0.2) is 49.2 Å². The molecule has 1 aromatic heterocycles. The van der Waals surface area contributed by atoms with Crippen molar-refractivity contribution in [1.82, 2.24) is 15.2 Å². The largest absolute Gasteiger partial charge is 0.497 e. The summed E-state index contributed by atoms with van der Waals surface area (Å²) < 4.78 is 19.1. The molecule has 2 amide bonds. The van der Waals surface area contributed by atoms with Crippen LogP contribution in [0.3, 0.4) is 0 Å². The SMILES string of the molecule is COc1ccnc(N2CCN(C(=O)NCc3c(C)cccc3F)CC2)c1. The van der Waals surface area contributed by atoms with E-state index in [1.807, 2.05) is 19.1 Å². The van der Waals surface area contributed by atoms with Gasteiger partial charge in [-0.3, -0.25) is 0 Å². The zero-order valence-corrected chi connectivity index (χ0v) is 15.0. The van der Waals surface area contributed by atoms with E-state index in [1.165, 1.54) is 6.07 Å². The van der Waals surface area contributed by atoms with Gasteiger partial charge in [-0.15, -0.1) is 0 Å². The molecule has 1 aliphatic rings. The Hall–Kier alpha value is -2.83. The molecule has 1 aromatic carbocycles. The molecule has 0 bridgehead atoms. The van der Waals surface area contributed by atoms with Crippen molar-refractivity contribution in [3.05, 3.63) is 53.5 Å². The average molecular weight is 358 g/mol. The molecule has 1 saturated heterocycles. The minimum absolute atomic E-state index is 0.175. The predicted molar refractivity (Wildman–Crippen MR) is 97.9 cm³/mol. The van der Waals surface area contributed by atoms with Gasteiger partial charge in [0.15, 0.2) is 0 Å². The highest BCUT2D eigenvalue weighted by Gasteiger charge is 2.22. The van der Waals surface area contributed by atoms with Gasteiger partial charge in [-0.2, -0.15) is 0 Å². The fraction of sp³-hybridized carbons (Fsp3) is 0.368. The maximum Gasteiger partial charge on any atom is 0.317 e. The molecule has 1 N–H and O–H groups in total. The lowest BCUT2D eigenvalue weighted by atomic mass is 10.1. The molecule has 7 heteroatoms. The van der Waals surface area contributed by atoms with Crippen LogP contribution in [-0.2, 0) is 6.54 Å². The third-order valence-corrected chi connectivity index (χ3v) is 4.61. The molecule has 0 saturated carbocycles. The van der Waals surface area contributed by atoms with Crippen LogP contribution in [0.2, 0.25) is 0 Å². The molecular weight excluding hydrogens is 335 g/mol. The summed E-state index contributed by atoms with van der Waals surface area (Å²) in [6.07, 6.45) is 1.71. The highest BCUT2D eigenvalue weighted by molar-refractivity contribution is 5.74. The zero-order chi connectivity index (χ0) is 18.5. The summed E-state index contributed by atoms with van der Waals surface area (Å²) in [5.41, 5.74) is 1.36. The van der Waals surface area contributed by atoms with Crippen LogP contribution < -0.4 is 15.0 Å². The van der Waals surface area contributed by atoms with Crippen molar-refractivity contribution >= 4 is 11.8 Å². The fourth-order valence-electron chi connectivity index (χ4n) is 3.00. The Labute approximate surface area is 152 Å². The van der Waals surface area contributed by atoms with E-state index in [0.717, 1.165) is 17.1 Å². The number of rotatable bonds is 4. The number of carbonyl (C=O) groups is 1. The second kappa shape index (κ2) is 8.03. The third kappa shape index (κ3) is 4.04. The van der Waals surface area contributed by atoms with Crippen molar-refractivity contribution in [1.29, 1.82) is 0 Å². The molecular formula is C19H23FN4O2. The van der Waals surface area contributed by atoms with Gasteiger partial charge in [-0.25, -0.2) is 14.2 Å². The van der Waals surface area contributed by atoms with E-state index in [4.69, 9.17) is 4.74 Å². The number of nitrogens with one attached hydrogen (secondary N) is 1. The standard InChI is InChI=1S/C19H23FN4O2/c1-14-4-3-5-17(20)16(14)13-22-19(25)24-10-8-23(9-11-24)18-12-15(26-2)6-7-21-18/h3-7,12H,8-11,13H2,1-2H3,(H,22,25). The van der Waals surface area contributed by atoms with Crippen LogP contribution in [0.1, 0.15) is 11.1 Å². The summed E-state index contributed by atoms with van der Waals surface area (Å²) in [6.45, 7) is 4.57. The van der Waals surface area contributed by atoms with Gasteiger partial charge >= 0.3 is 6.03 Å². The number of benzene rings is 1. The van der Waals surface area contributed by atoms with E-state index in [-0.39, 0.29) is 18.4 Å². The topological polar surface area (TPSA) is 57.7 Å². The average Bonchev–Trinajstić information content (AvgIpc) is 2.67. The lowest BCUT2D eigenvalue weighted by molar-refractivity contribution is 0.193. The number of hydrogen-bond acceptors (Lipinski definition) is 4. The van der Waals surface area contributed by atoms with E-state index >= 15 is 0 Å². The van der Waals surface area contributed by atoms with Gasteiger partial charge in [0.1, 0.15) is 17.4 Å². The van der Waals surface area contributed by atoms with Gasteiger partial charge in [0.05, 0.1) is 7.11 Å². The van der Waals surface area contributed by atoms with Crippen LogP contribution >= 0.6 is 0 Å². The maximum atomic E-state index is 13.9. The smallest absolute Gasteiger partial charge is 0.317 e. The van der Waals surface area contributed by atoms with Gasteiger partial charge in [0.25, 0.3) is 0 Å². The number of hydrogen-bond donors (Lipinski definition) is 1. The summed E-state index contributed by atoms with van der Waals surface area (Å²) >= 11 is 0. The Kier molecular flexibility index (Phi) is 5.55. The number of amides is 2. The summed E-state index contributed by atoms with van der Waals surface area (Å²) in [5.74, 6) is 1.31. The molecule has 26 heavy (non-hydrogen) atoms. The second-order valence-electron chi connectivity index (χ2n) is 6.22. The van der Waals surface area contributed by atoms with E-state index in [9.17, 15) is 9.18 Å². The Balaban J connectivity index is 1.53. The highest BCUT2D eigenvalue weighted by atomic mass is 19.1. The van der Waals surface area contributed by atoms with Gasteiger partial charge in [-0.05, 0) is 24.6 Å². The molecule has 0 unspecified atom stereocenters. The first kappa shape index (κ1) is 18.0. The van der Waals surface area contributed by atoms with Crippen molar-refractivity contribution < 1.29 is 13.9 Å².